The van der Waals surface area contributed by atoms with Crippen LogP contribution in [0.5, 0.6) is 0 Å². The number of allylic oxidation sites excluding steroid dienone is 5. The summed E-state index contributed by atoms with van der Waals surface area (Å²) in [4.78, 5) is 21.4. The molecule has 2 rings (SSSR count). The first-order valence-corrected chi connectivity index (χ1v) is 12.7. The van der Waals surface area contributed by atoms with E-state index in [1.54, 1.807) is 6.07 Å². The van der Waals surface area contributed by atoms with E-state index in [0.29, 0.717) is 23.8 Å². The van der Waals surface area contributed by atoms with Crippen LogP contribution in [0.2, 0.25) is 0 Å². The maximum atomic E-state index is 15.1. The highest BCUT2D eigenvalue weighted by Crippen LogP contribution is 2.41. The summed E-state index contributed by atoms with van der Waals surface area (Å²) in [5.74, 6) is 0.775. The zero-order valence-electron chi connectivity index (χ0n) is 22.1. The van der Waals surface area contributed by atoms with Gasteiger partial charge in [0.05, 0.1) is 6.21 Å². The van der Waals surface area contributed by atoms with Gasteiger partial charge in [-0.05, 0) is 82.6 Å². The van der Waals surface area contributed by atoms with Crippen molar-refractivity contribution in [3.63, 3.8) is 0 Å². The van der Waals surface area contributed by atoms with Crippen LogP contribution in [-0.2, 0) is 4.79 Å². The third kappa shape index (κ3) is 7.15. The number of carbonyl (C=O) groups is 1. The first-order valence-electron chi connectivity index (χ1n) is 12.7. The zero-order valence-corrected chi connectivity index (χ0v) is 22.1. The number of amides is 1. The van der Waals surface area contributed by atoms with E-state index >= 15 is 4.39 Å². The van der Waals surface area contributed by atoms with Crippen molar-refractivity contribution in [2.45, 2.75) is 85.6 Å². The number of carbonyl (C=O) groups excluding carboxylic acids is 1. The van der Waals surface area contributed by atoms with Crippen LogP contribution in [0.1, 0.15) is 90.7 Å². The molecule has 0 aromatic heterocycles. The summed E-state index contributed by atoms with van der Waals surface area (Å²) < 4.78 is 15.1. The van der Waals surface area contributed by atoms with Gasteiger partial charge in [0.2, 0.25) is 0 Å². The molecule has 0 aliphatic heterocycles. The average molecular weight is 468 g/mol. The molecule has 4 nitrogen and oxygen atoms in total. The van der Waals surface area contributed by atoms with Crippen molar-refractivity contribution >= 4 is 17.7 Å². The van der Waals surface area contributed by atoms with E-state index in [-0.39, 0.29) is 17.8 Å². The van der Waals surface area contributed by atoms with Gasteiger partial charge in [0.15, 0.2) is 0 Å². The molecular formula is C29H42FN3O. The molecular weight excluding hydrogens is 425 g/mol. The standard InChI is InChI=1S/C29H42FN3O/c1-8-13-21(6)33(12-5)29(34)20-31-28(32(7)25(10-3)11-4)19-22(9-2)26-17-16-24(18-27(26)30)23-14-15-23/h9-10,16-21,23H,8,11-15H2,1-7H3/b22-9+,25-10-,28-19-,31-20+. The van der Waals surface area contributed by atoms with Gasteiger partial charge in [0.1, 0.15) is 11.6 Å². The number of benzene rings is 1. The Kier molecular flexibility index (Phi) is 10.7. The smallest absolute Gasteiger partial charge is 0.265 e. The normalized spacial score (nSPS) is 16.2. The monoisotopic (exact) mass is 467 g/mol. The van der Waals surface area contributed by atoms with Gasteiger partial charge in [0.25, 0.3) is 5.91 Å². The Morgan fingerprint density at radius 1 is 1.21 bits per heavy atom. The topological polar surface area (TPSA) is 35.9 Å². The number of rotatable bonds is 12. The van der Waals surface area contributed by atoms with E-state index < -0.39 is 0 Å². The van der Waals surface area contributed by atoms with Crippen molar-refractivity contribution in [2.75, 3.05) is 13.6 Å². The lowest BCUT2D eigenvalue weighted by atomic mass is 10.0. The Morgan fingerprint density at radius 2 is 1.91 bits per heavy atom. The van der Waals surface area contributed by atoms with Gasteiger partial charge in [0, 0.05) is 30.9 Å². The first-order chi connectivity index (χ1) is 16.3. The minimum atomic E-state index is -0.219. The second-order valence-electron chi connectivity index (χ2n) is 8.97. The summed E-state index contributed by atoms with van der Waals surface area (Å²) in [6.07, 6.45) is 12.3. The highest BCUT2D eigenvalue weighted by atomic mass is 19.1. The molecule has 1 amide bonds. The quantitative estimate of drug-likeness (QED) is 0.239. The second kappa shape index (κ2) is 13.3. The Labute approximate surface area is 205 Å². The first kappa shape index (κ1) is 27.6. The number of aliphatic imine (C=N–C) groups is 1. The molecule has 0 saturated heterocycles. The molecule has 1 aromatic rings. The highest BCUT2D eigenvalue weighted by molar-refractivity contribution is 6.26. The fourth-order valence-electron chi connectivity index (χ4n) is 4.35. The summed E-state index contributed by atoms with van der Waals surface area (Å²) in [6.45, 7) is 12.8. The van der Waals surface area contributed by atoms with Crippen LogP contribution >= 0.6 is 0 Å². The van der Waals surface area contributed by atoms with Crippen molar-refractivity contribution < 1.29 is 9.18 Å². The third-order valence-electron chi connectivity index (χ3n) is 6.59. The maximum Gasteiger partial charge on any atom is 0.265 e. The van der Waals surface area contributed by atoms with Gasteiger partial charge in [-0.25, -0.2) is 9.38 Å². The van der Waals surface area contributed by atoms with Crippen molar-refractivity contribution in [1.82, 2.24) is 9.80 Å². The van der Waals surface area contributed by atoms with Crippen LogP contribution in [0.25, 0.3) is 5.57 Å². The molecule has 186 valence electrons. The lowest BCUT2D eigenvalue weighted by Gasteiger charge is -2.27. The lowest BCUT2D eigenvalue weighted by molar-refractivity contribution is -0.125. The van der Waals surface area contributed by atoms with Gasteiger partial charge in [-0.15, -0.1) is 0 Å². The Hall–Kier alpha value is -2.69. The van der Waals surface area contributed by atoms with E-state index in [4.69, 9.17) is 0 Å². The fraction of sp³-hybridized carbons (Fsp3) is 0.517. The number of hydrogen-bond acceptors (Lipinski definition) is 3. The van der Waals surface area contributed by atoms with Gasteiger partial charge >= 0.3 is 0 Å². The second-order valence-corrected chi connectivity index (χ2v) is 8.97. The van der Waals surface area contributed by atoms with E-state index in [9.17, 15) is 4.79 Å². The molecule has 5 heteroatoms. The molecule has 1 saturated carbocycles. The molecule has 1 aliphatic rings. The molecule has 0 radical (unpaired) electrons. The van der Waals surface area contributed by atoms with Crippen molar-refractivity contribution in [2.24, 2.45) is 4.99 Å². The summed E-state index contributed by atoms with van der Waals surface area (Å²) >= 11 is 0. The maximum absolute atomic E-state index is 15.1. The molecule has 0 bridgehead atoms. The van der Waals surface area contributed by atoms with E-state index in [0.717, 1.165) is 48.9 Å². The average Bonchev–Trinajstić information content (AvgIpc) is 3.66. The Balaban J connectivity index is 2.42. The highest BCUT2D eigenvalue weighted by Gasteiger charge is 2.24. The largest absolute Gasteiger partial charge is 0.335 e. The van der Waals surface area contributed by atoms with Gasteiger partial charge < -0.3 is 9.80 Å². The Bertz CT molecular complexity index is 956. The van der Waals surface area contributed by atoms with Crippen molar-refractivity contribution in [3.05, 3.63) is 64.9 Å². The number of halogens is 1. The van der Waals surface area contributed by atoms with Crippen LogP contribution in [0.4, 0.5) is 4.39 Å². The van der Waals surface area contributed by atoms with E-state index in [1.165, 1.54) is 6.21 Å². The summed E-state index contributed by atoms with van der Waals surface area (Å²) in [5.41, 5.74) is 3.43. The molecule has 0 spiro atoms. The molecule has 1 unspecified atom stereocenters. The van der Waals surface area contributed by atoms with E-state index in [1.807, 2.05) is 68.0 Å². The van der Waals surface area contributed by atoms with Crippen LogP contribution in [0, 0.1) is 5.82 Å². The number of nitrogens with zero attached hydrogens (tertiary/aromatic N) is 3. The van der Waals surface area contributed by atoms with Crippen LogP contribution in [0.3, 0.4) is 0 Å². The van der Waals surface area contributed by atoms with Gasteiger partial charge in [-0.3, -0.25) is 4.79 Å². The predicted molar refractivity (Wildman–Crippen MR) is 142 cm³/mol. The minimum Gasteiger partial charge on any atom is -0.335 e. The number of hydrogen-bond donors (Lipinski definition) is 0. The summed E-state index contributed by atoms with van der Waals surface area (Å²) in [7, 11) is 1.93. The van der Waals surface area contributed by atoms with Gasteiger partial charge in [-0.1, -0.05) is 44.6 Å². The lowest BCUT2D eigenvalue weighted by Crippen LogP contribution is -2.39. The molecule has 0 heterocycles. The zero-order chi connectivity index (χ0) is 25.3. The summed E-state index contributed by atoms with van der Waals surface area (Å²) in [6, 6.07) is 5.72. The van der Waals surface area contributed by atoms with E-state index in [2.05, 4.69) is 25.8 Å². The molecule has 0 N–H and O–H groups in total. The predicted octanol–water partition coefficient (Wildman–Crippen LogP) is 7.30. The van der Waals surface area contributed by atoms with Crippen LogP contribution in [-0.4, -0.2) is 41.6 Å². The minimum absolute atomic E-state index is 0.108. The molecule has 34 heavy (non-hydrogen) atoms. The molecule has 1 atom stereocenters. The summed E-state index contributed by atoms with van der Waals surface area (Å²) in [5, 5.41) is 0. The van der Waals surface area contributed by atoms with Crippen LogP contribution < -0.4 is 0 Å². The Morgan fingerprint density at radius 3 is 2.41 bits per heavy atom. The van der Waals surface area contributed by atoms with Crippen molar-refractivity contribution in [1.29, 1.82) is 0 Å². The van der Waals surface area contributed by atoms with Crippen molar-refractivity contribution in [3.8, 4) is 0 Å². The molecule has 1 aliphatic carbocycles. The molecule has 1 fully saturated rings. The van der Waals surface area contributed by atoms with Crippen LogP contribution in [0.15, 0.2) is 52.9 Å². The SMILES string of the molecule is C/C=C(/CC)N(C)C(=C\C(=C/C)c1ccc(C2CC2)cc1F)/N=C/C(=O)N(CC)C(C)CCC. The fourth-order valence-corrected chi connectivity index (χ4v) is 4.35. The third-order valence-corrected chi connectivity index (χ3v) is 6.59. The van der Waals surface area contributed by atoms with Gasteiger partial charge in [-0.2, -0.15) is 0 Å². The molecule has 1 aromatic carbocycles.